The van der Waals surface area contributed by atoms with Gasteiger partial charge in [-0.05, 0) is 5.92 Å². The molecule has 0 saturated carbocycles. The molecule has 1 N–H and O–H groups in total. The van der Waals surface area contributed by atoms with Gasteiger partial charge in [0.2, 0.25) is 11.8 Å². The molecule has 0 radical (unpaired) electrons. The number of rotatable bonds is 6. The molecule has 0 saturated heterocycles. The monoisotopic (exact) mass is 456 g/mol. The van der Waals surface area contributed by atoms with Gasteiger partial charge < -0.3 is 9.47 Å². The van der Waals surface area contributed by atoms with Crippen LogP contribution in [0.15, 0.2) is 12.5 Å². The van der Waals surface area contributed by atoms with Crippen LogP contribution in [-0.2, 0) is 13.2 Å². The summed E-state index contributed by atoms with van der Waals surface area (Å²) >= 11 is 0.695. The number of ether oxygens (including phenoxy) is 2. The maximum absolute atomic E-state index is 13.7. The van der Waals surface area contributed by atoms with E-state index in [-0.39, 0.29) is 33.3 Å². The first-order valence-electron chi connectivity index (χ1n) is 8.93. The number of alkyl halides is 3. The summed E-state index contributed by atoms with van der Waals surface area (Å²) in [6.07, 6.45) is -2.10. The van der Waals surface area contributed by atoms with Crippen LogP contribution in [0, 0.1) is 0 Å². The Hall–Kier alpha value is -3.22. The average Bonchev–Trinajstić information content (AvgIpc) is 3.30. The number of methoxy groups -OCH3 is 2. The van der Waals surface area contributed by atoms with Crippen LogP contribution >= 0.6 is 11.3 Å². The Balaban J connectivity index is 2.07. The predicted molar refractivity (Wildman–Crippen MR) is 106 cm³/mol. The van der Waals surface area contributed by atoms with Crippen molar-refractivity contribution in [2.45, 2.75) is 25.9 Å². The van der Waals surface area contributed by atoms with Gasteiger partial charge in [-0.15, -0.1) is 0 Å². The first kappa shape index (κ1) is 22.5. The highest BCUT2D eigenvalue weighted by Gasteiger charge is 2.39. The van der Waals surface area contributed by atoms with Crippen molar-refractivity contribution >= 4 is 22.4 Å². The van der Waals surface area contributed by atoms with Crippen molar-refractivity contribution in [3.8, 4) is 22.2 Å². The molecule has 0 aromatic carbocycles. The Bertz CT molecular complexity index is 1090. The van der Waals surface area contributed by atoms with Gasteiger partial charge in [0.1, 0.15) is 6.33 Å². The van der Waals surface area contributed by atoms with Gasteiger partial charge in [-0.2, -0.15) is 18.3 Å². The van der Waals surface area contributed by atoms with Crippen LogP contribution in [0.25, 0.3) is 10.4 Å². The molecule has 9 nitrogen and oxygen atoms in total. The SMILES string of the molecule is COc1ncnc(OC)c1C(=O)Nc1nc(C(F)(F)F)c(-c2cn(C)nc2C(C)C)s1. The van der Waals surface area contributed by atoms with Crippen LogP contribution in [0.4, 0.5) is 18.3 Å². The molecule has 3 aromatic rings. The number of nitrogens with one attached hydrogen (secondary N) is 1. The van der Waals surface area contributed by atoms with E-state index in [9.17, 15) is 18.0 Å². The van der Waals surface area contributed by atoms with Crippen molar-refractivity contribution in [1.29, 1.82) is 0 Å². The molecule has 0 aliphatic carbocycles. The van der Waals surface area contributed by atoms with Crippen molar-refractivity contribution in [1.82, 2.24) is 24.7 Å². The van der Waals surface area contributed by atoms with Gasteiger partial charge in [-0.3, -0.25) is 14.8 Å². The van der Waals surface area contributed by atoms with Gasteiger partial charge in [0.25, 0.3) is 5.91 Å². The Morgan fingerprint density at radius 1 is 1.19 bits per heavy atom. The molecule has 0 spiro atoms. The van der Waals surface area contributed by atoms with E-state index in [0.717, 1.165) is 6.33 Å². The number of thiazole rings is 1. The third kappa shape index (κ3) is 4.45. The number of hydrogen-bond donors (Lipinski definition) is 1. The lowest BCUT2D eigenvalue weighted by Gasteiger charge is -2.09. The maximum Gasteiger partial charge on any atom is 0.434 e. The molecule has 166 valence electrons. The van der Waals surface area contributed by atoms with Crippen LogP contribution in [-0.4, -0.2) is 44.9 Å². The quantitative estimate of drug-likeness (QED) is 0.602. The fourth-order valence-corrected chi connectivity index (χ4v) is 3.87. The zero-order valence-corrected chi connectivity index (χ0v) is 18.1. The molecule has 0 aliphatic rings. The van der Waals surface area contributed by atoms with E-state index in [0.29, 0.717) is 22.6 Å². The highest BCUT2D eigenvalue weighted by atomic mass is 32.1. The number of hydrogen-bond acceptors (Lipinski definition) is 8. The van der Waals surface area contributed by atoms with Crippen LogP contribution in [0.3, 0.4) is 0 Å². The minimum absolute atomic E-state index is 0.0912. The molecule has 0 bridgehead atoms. The molecule has 13 heteroatoms. The Kier molecular flexibility index (Phi) is 6.15. The topological polar surface area (TPSA) is 104 Å². The lowest BCUT2D eigenvalue weighted by molar-refractivity contribution is -0.140. The third-order valence-electron chi connectivity index (χ3n) is 4.16. The van der Waals surface area contributed by atoms with Gasteiger partial charge in [-0.25, -0.2) is 15.0 Å². The summed E-state index contributed by atoms with van der Waals surface area (Å²) in [5.41, 5.74) is -0.469. The fourth-order valence-electron chi connectivity index (χ4n) is 2.87. The van der Waals surface area contributed by atoms with E-state index in [2.05, 4.69) is 25.4 Å². The minimum atomic E-state index is -4.73. The molecule has 1 amide bonds. The summed E-state index contributed by atoms with van der Waals surface area (Å²) in [4.78, 5) is 23.9. The normalized spacial score (nSPS) is 11.6. The zero-order chi connectivity index (χ0) is 22.9. The highest BCUT2D eigenvalue weighted by molar-refractivity contribution is 7.19. The van der Waals surface area contributed by atoms with Gasteiger partial charge in [0.15, 0.2) is 16.4 Å². The number of anilines is 1. The summed E-state index contributed by atoms with van der Waals surface area (Å²) in [6.45, 7) is 3.66. The van der Waals surface area contributed by atoms with Crippen LogP contribution in [0.1, 0.15) is 41.5 Å². The second-order valence-electron chi connectivity index (χ2n) is 6.67. The van der Waals surface area contributed by atoms with Crippen molar-refractivity contribution < 1.29 is 27.4 Å². The van der Waals surface area contributed by atoms with E-state index in [1.165, 1.54) is 25.1 Å². The van der Waals surface area contributed by atoms with Crippen LogP contribution < -0.4 is 14.8 Å². The molecule has 0 atom stereocenters. The number of aryl methyl sites for hydroxylation is 1. The summed E-state index contributed by atoms with van der Waals surface area (Å²) in [6, 6.07) is 0. The van der Waals surface area contributed by atoms with Crippen LogP contribution in [0.2, 0.25) is 0 Å². The fraction of sp³-hybridized carbons (Fsp3) is 0.389. The molecular weight excluding hydrogens is 437 g/mol. The Labute approximate surface area is 179 Å². The molecule has 3 aromatic heterocycles. The summed E-state index contributed by atoms with van der Waals surface area (Å²) in [7, 11) is 4.20. The first-order chi connectivity index (χ1) is 14.6. The van der Waals surface area contributed by atoms with Gasteiger partial charge in [0.05, 0.1) is 24.8 Å². The number of halogens is 3. The molecule has 31 heavy (non-hydrogen) atoms. The summed E-state index contributed by atoms with van der Waals surface area (Å²) in [5.74, 6) is -1.12. The van der Waals surface area contributed by atoms with Gasteiger partial charge >= 0.3 is 6.18 Å². The van der Waals surface area contributed by atoms with E-state index >= 15 is 0 Å². The first-order valence-corrected chi connectivity index (χ1v) is 9.74. The highest BCUT2D eigenvalue weighted by Crippen LogP contribution is 2.44. The second kappa shape index (κ2) is 8.49. The van der Waals surface area contributed by atoms with E-state index in [1.807, 2.05) is 13.8 Å². The van der Waals surface area contributed by atoms with Crippen molar-refractivity contribution in [2.24, 2.45) is 7.05 Å². The van der Waals surface area contributed by atoms with Crippen molar-refractivity contribution in [2.75, 3.05) is 19.5 Å². The summed E-state index contributed by atoms with van der Waals surface area (Å²) in [5, 5.41) is 6.38. The number of carbonyl (C=O) groups is 1. The number of nitrogens with zero attached hydrogens (tertiary/aromatic N) is 5. The molecular formula is C18H19F3N6O3S. The third-order valence-corrected chi connectivity index (χ3v) is 5.16. The Morgan fingerprint density at radius 2 is 1.81 bits per heavy atom. The summed E-state index contributed by atoms with van der Waals surface area (Å²) < 4.78 is 52.7. The minimum Gasteiger partial charge on any atom is -0.480 e. The van der Waals surface area contributed by atoms with E-state index in [1.54, 1.807) is 7.05 Å². The molecule has 0 aliphatic heterocycles. The number of aromatic nitrogens is 5. The standard InChI is InChI=1S/C18H19F3N6O3S/c1-8(2)11-9(6-27(3)26-11)12-13(18(19,20)21)24-17(31-12)25-14(28)10-15(29-4)22-7-23-16(10)30-5/h6-8H,1-5H3,(H,24,25,28). The smallest absolute Gasteiger partial charge is 0.434 e. The van der Waals surface area contributed by atoms with Gasteiger partial charge in [0, 0.05) is 18.8 Å². The van der Waals surface area contributed by atoms with E-state index in [4.69, 9.17) is 9.47 Å². The lowest BCUT2D eigenvalue weighted by atomic mass is 10.0. The van der Waals surface area contributed by atoms with Crippen LogP contribution in [0.5, 0.6) is 11.8 Å². The van der Waals surface area contributed by atoms with Crippen molar-refractivity contribution in [3.05, 3.63) is 29.5 Å². The Morgan fingerprint density at radius 3 is 2.32 bits per heavy atom. The largest absolute Gasteiger partial charge is 0.480 e. The molecule has 3 rings (SSSR count). The van der Waals surface area contributed by atoms with Gasteiger partial charge in [-0.1, -0.05) is 25.2 Å². The zero-order valence-electron chi connectivity index (χ0n) is 17.2. The predicted octanol–water partition coefficient (Wildman–Crippen LogP) is 3.75. The number of carbonyl (C=O) groups excluding carboxylic acids is 1. The molecule has 3 heterocycles. The molecule has 0 unspecified atom stereocenters. The van der Waals surface area contributed by atoms with E-state index < -0.39 is 17.8 Å². The maximum atomic E-state index is 13.7. The molecule has 0 fully saturated rings. The average molecular weight is 456 g/mol. The number of amides is 1. The van der Waals surface area contributed by atoms with Crippen molar-refractivity contribution in [3.63, 3.8) is 0 Å². The lowest BCUT2D eigenvalue weighted by Crippen LogP contribution is -2.16. The second-order valence-corrected chi connectivity index (χ2v) is 7.67.